The Morgan fingerprint density at radius 3 is 2.88 bits per heavy atom. The summed E-state index contributed by atoms with van der Waals surface area (Å²) in [6.07, 6.45) is 4.40. The molecule has 0 bridgehead atoms. The predicted octanol–water partition coefficient (Wildman–Crippen LogP) is 2.44. The maximum atomic E-state index is 5.67. The van der Waals surface area contributed by atoms with Crippen LogP contribution in [0.15, 0.2) is 30.6 Å². The lowest BCUT2D eigenvalue weighted by molar-refractivity contribution is 0.291. The van der Waals surface area contributed by atoms with Crippen LogP contribution in [0.1, 0.15) is 25.2 Å². The molecule has 2 rings (SSSR count). The van der Waals surface area contributed by atoms with Crippen LogP contribution in [-0.4, -0.2) is 14.8 Å². The highest BCUT2D eigenvalue weighted by Gasteiger charge is 2.06. The number of nitrogens with zero attached hydrogens (tertiary/aromatic N) is 3. The van der Waals surface area contributed by atoms with Gasteiger partial charge in [-0.2, -0.15) is 5.10 Å². The normalized spacial score (nSPS) is 10.5. The molecule has 2 heterocycles. The molecule has 0 aliphatic heterocycles. The van der Waals surface area contributed by atoms with Crippen molar-refractivity contribution in [1.29, 1.82) is 0 Å². The molecule has 2 aromatic heterocycles. The number of hydrogen-bond donors (Lipinski definition) is 0. The smallest absolute Gasteiger partial charge is 0.138 e. The summed E-state index contributed by atoms with van der Waals surface area (Å²) in [6, 6.07) is 5.87. The minimum atomic E-state index is 0.534. The number of aryl methyl sites for hydroxylation is 2. The summed E-state index contributed by atoms with van der Waals surface area (Å²) >= 11 is 0. The first-order valence-electron chi connectivity index (χ1n) is 5.92. The molecule has 90 valence electrons. The molecular weight excluding hydrogens is 214 g/mol. The van der Waals surface area contributed by atoms with E-state index in [1.807, 2.05) is 16.8 Å². The molecule has 0 unspecified atom stereocenters. The van der Waals surface area contributed by atoms with E-state index in [0.717, 1.165) is 30.1 Å². The van der Waals surface area contributed by atoms with E-state index in [0.29, 0.717) is 6.61 Å². The van der Waals surface area contributed by atoms with Gasteiger partial charge in [0.05, 0.1) is 17.6 Å². The Bertz CT molecular complexity index is 465. The third kappa shape index (κ3) is 2.84. The average Bonchev–Trinajstić information content (AvgIpc) is 2.80. The molecule has 0 aliphatic carbocycles. The second-order valence-electron chi connectivity index (χ2n) is 3.77. The maximum Gasteiger partial charge on any atom is 0.138 e. The van der Waals surface area contributed by atoms with Crippen molar-refractivity contribution < 1.29 is 4.74 Å². The van der Waals surface area contributed by atoms with Gasteiger partial charge in [0.1, 0.15) is 12.4 Å². The van der Waals surface area contributed by atoms with E-state index >= 15 is 0 Å². The summed E-state index contributed by atoms with van der Waals surface area (Å²) in [7, 11) is 0. The lowest BCUT2D eigenvalue weighted by atomic mass is 10.3. The fraction of sp³-hybridized carbons (Fsp3) is 0.385. The number of ether oxygens (including phenoxy) is 1. The van der Waals surface area contributed by atoms with Gasteiger partial charge in [0.2, 0.25) is 0 Å². The molecule has 0 amide bonds. The van der Waals surface area contributed by atoms with Gasteiger partial charge in [0.15, 0.2) is 0 Å². The highest BCUT2D eigenvalue weighted by atomic mass is 16.5. The van der Waals surface area contributed by atoms with Crippen LogP contribution in [0.5, 0.6) is 5.75 Å². The fourth-order valence-corrected chi connectivity index (χ4v) is 1.67. The van der Waals surface area contributed by atoms with Gasteiger partial charge in [-0.3, -0.25) is 9.67 Å². The van der Waals surface area contributed by atoms with Gasteiger partial charge < -0.3 is 4.74 Å². The predicted molar refractivity (Wildman–Crippen MR) is 65.8 cm³/mol. The molecule has 2 aromatic rings. The van der Waals surface area contributed by atoms with Crippen molar-refractivity contribution >= 4 is 0 Å². The summed E-state index contributed by atoms with van der Waals surface area (Å²) in [4.78, 5) is 4.01. The van der Waals surface area contributed by atoms with Crippen LogP contribution in [0, 0.1) is 0 Å². The Balaban J connectivity index is 2.05. The molecule has 0 saturated heterocycles. The van der Waals surface area contributed by atoms with Crippen molar-refractivity contribution in [3.05, 3.63) is 42.0 Å². The Morgan fingerprint density at radius 2 is 2.24 bits per heavy atom. The molecule has 0 atom stereocenters. The molecule has 0 saturated carbocycles. The van der Waals surface area contributed by atoms with E-state index in [4.69, 9.17) is 4.74 Å². The molecule has 0 spiro atoms. The maximum absolute atomic E-state index is 5.67. The fourth-order valence-electron chi connectivity index (χ4n) is 1.67. The highest BCUT2D eigenvalue weighted by Crippen LogP contribution is 2.11. The topological polar surface area (TPSA) is 39.9 Å². The van der Waals surface area contributed by atoms with E-state index < -0.39 is 0 Å². The monoisotopic (exact) mass is 231 g/mol. The average molecular weight is 231 g/mol. The van der Waals surface area contributed by atoms with Gasteiger partial charge in [0, 0.05) is 12.7 Å². The molecule has 0 radical (unpaired) electrons. The van der Waals surface area contributed by atoms with Crippen LogP contribution < -0.4 is 4.74 Å². The lowest BCUT2D eigenvalue weighted by Gasteiger charge is -2.06. The summed E-state index contributed by atoms with van der Waals surface area (Å²) in [5, 5.41) is 4.48. The van der Waals surface area contributed by atoms with Crippen molar-refractivity contribution in [1.82, 2.24) is 14.8 Å². The van der Waals surface area contributed by atoms with Gasteiger partial charge in [-0.25, -0.2) is 0 Å². The summed E-state index contributed by atoms with van der Waals surface area (Å²) in [5.41, 5.74) is 2.21. The Kier molecular flexibility index (Phi) is 3.75. The first kappa shape index (κ1) is 11.6. The molecule has 0 N–H and O–H groups in total. The van der Waals surface area contributed by atoms with Gasteiger partial charge in [-0.05, 0) is 31.5 Å². The van der Waals surface area contributed by atoms with Crippen LogP contribution >= 0.6 is 0 Å². The molecule has 0 fully saturated rings. The lowest BCUT2D eigenvalue weighted by Crippen LogP contribution is -2.06. The second-order valence-corrected chi connectivity index (χ2v) is 3.77. The molecular formula is C13H17N3O. The van der Waals surface area contributed by atoms with Crippen LogP contribution in [0.3, 0.4) is 0 Å². The number of pyridine rings is 1. The third-order valence-corrected chi connectivity index (χ3v) is 2.60. The van der Waals surface area contributed by atoms with E-state index in [1.54, 1.807) is 12.4 Å². The second kappa shape index (κ2) is 5.48. The van der Waals surface area contributed by atoms with E-state index in [2.05, 4.69) is 30.0 Å². The van der Waals surface area contributed by atoms with Crippen molar-refractivity contribution in [2.24, 2.45) is 0 Å². The van der Waals surface area contributed by atoms with Crippen molar-refractivity contribution in [2.75, 3.05) is 0 Å². The van der Waals surface area contributed by atoms with Gasteiger partial charge in [0.25, 0.3) is 0 Å². The molecule has 0 aromatic carbocycles. The number of rotatable bonds is 5. The quantitative estimate of drug-likeness (QED) is 0.793. The molecule has 4 heteroatoms. The van der Waals surface area contributed by atoms with Crippen LogP contribution in [0.4, 0.5) is 0 Å². The van der Waals surface area contributed by atoms with Crippen LogP contribution in [0.2, 0.25) is 0 Å². The SMILES string of the molecule is CCc1cc(COc2cccnc2)n(CC)n1. The zero-order chi connectivity index (χ0) is 12.1. The standard InChI is InChI=1S/C13H17N3O/c1-3-11-8-12(16(4-2)15-11)10-17-13-6-5-7-14-9-13/h5-9H,3-4,10H2,1-2H3. The van der Waals surface area contributed by atoms with Gasteiger partial charge in [-0.1, -0.05) is 6.92 Å². The summed E-state index contributed by atoms with van der Waals surface area (Å²) in [6.45, 7) is 5.59. The minimum absolute atomic E-state index is 0.534. The van der Waals surface area contributed by atoms with E-state index in [1.165, 1.54) is 0 Å². The zero-order valence-electron chi connectivity index (χ0n) is 10.3. The van der Waals surface area contributed by atoms with Crippen molar-refractivity contribution in [3.8, 4) is 5.75 Å². The van der Waals surface area contributed by atoms with Crippen molar-refractivity contribution in [3.63, 3.8) is 0 Å². The van der Waals surface area contributed by atoms with Gasteiger partial charge >= 0.3 is 0 Å². The van der Waals surface area contributed by atoms with E-state index in [-0.39, 0.29) is 0 Å². The highest BCUT2D eigenvalue weighted by molar-refractivity contribution is 5.17. The molecule has 0 aliphatic rings. The molecule has 4 nitrogen and oxygen atoms in total. The Morgan fingerprint density at radius 1 is 1.35 bits per heavy atom. The first-order valence-corrected chi connectivity index (χ1v) is 5.92. The number of aromatic nitrogens is 3. The number of hydrogen-bond acceptors (Lipinski definition) is 3. The first-order chi connectivity index (χ1) is 8.33. The Labute approximate surface area is 101 Å². The van der Waals surface area contributed by atoms with Gasteiger partial charge in [-0.15, -0.1) is 0 Å². The third-order valence-electron chi connectivity index (χ3n) is 2.60. The van der Waals surface area contributed by atoms with Crippen LogP contribution in [-0.2, 0) is 19.6 Å². The zero-order valence-corrected chi connectivity index (χ0v) is 10.3. The summed E-state index contributed by atoms with van der Waals surface area (Å²) in [5.74, 6) is 0.786. The van der Waals surface area contributed by atoms with Crippen LogP contribution in [0.25, 0.3) is 0 Å². The summed E-state index contributed by atoms with van der Waals surface area (Å²) < 4.78 is 7.65. The van der Waals surface area contributed by atoms with Crippen molar-refractivity contribution in [2.45, 2.75) is 33.4 Å². The molecule has 17 heavy (non-hydrogen) atoms. The largest absolute Gasteiger partial charge is 0.486 e. The minimum Gasteiger partial charge on any atom is -0.486 e. The Hall–Kier alpha value is -1.84. The van der Waals surface area contributed by atoms with E-state index in [9.17, 15) is 0 Å².